The van der Waals surface area contributed by atoms with Crippen LogP contribution in [0.3, 0.4) is 0 Å². The molecule has 0 aliphatic heterocycles. The average Bonchev–Trinajstić information content (AvgIpc) is 2.21. The Labute approximate surface area is 103 Å². The van der Waals surface area contributed by atoms with Crippen LogP contribution in [-0.2, 0) is 23.1 Å². The summed E-state index contributed by atoms with van der Waals surface area (Å²) >= 11 is 0. The first-order valence-electron chi connectivity index (χ1n) is 5.84. The van der Waals surface area contributed by atoms with Gasteiger partial charge < -0.3 is 0 Å². The van der Waals surface area contributed by atoms with Crippen molar-refractivity contribution in [2.24, 2.45) is 0 Å². The van der Waals surface area contributed by atoms with E-state index < -0.39 is 10.3 Å². The number of aryl methyl sites for hydroxylation is 1. The fraction of sp³-hybridized carbons (Fsp3) is 0.500. The predicted molar refractivity (Wildman–Crippen MR) is 69.6 cm³/mol. The molecule has 2 N–H and O–H groups in total. The maximum absolute atomic E-state index is 10.9. The summed E-state index contributed by atoms with van der Waals surface area (Å²) in [6.07, 6.45) is 3.65. The third-order valence-electron chi connectivity index (χ3n) is 2.53. The molecule has 0 aliphatic rings. The Kier molecular flexibility index (Phi) is 4.96. The second kappa shape index (κ2) is 6.02. The van der Waals surface area contributed by atoms with Gasteiger partial charge in [-0.1, -0.05) is 38.8 Å². The smallest absolute Gasteiger partial charge is 0.269 e. The van der Waals surface area contributed by atoms with E-state index >= 15 is 0 Å². The third kappa shape index (κ3) is 4.36. The summed E-state index contributed by atoms with van der Waals surface area (Å²) in [5, 5.41) is 0. The average molecular weight is 257 g/mol. The highest BCUT2D eigenvalue weighted by molar-refractivity contribution is 7.87. The van der Waals surface area contributed by atoms with Crippen LogP contribution in [0.25, 0.3) is 0 Å². The Balaban J connectivity index is 3.14. The number of rotatable bonds is 6. The summed E-state index contributed by atoms with van der Waals surface area (Å²) in [4.78, 5) is 0. The maximum atomic E-state index is 10.9. The van der Waals surface area contributed by atoms with Gasteiger partial charge in [-0.2, -0.15) is 8.42 Å². The van der Waals surface area contributed by atoms with Crippen LogP contribution in [0, 0.1) is 0 Å². The molecule has 0 aromatic heterocycles. The monoisotopic (exact) mass is 257 g/mol. The van der Waals surface area contributed by atoms with Gasteiger partial charge >= 0.3 is 10.3 Å². The molecule has 0 radical (unpaired) electrons. The maximum Gasteiger partial charge on any atom is 0.357 e. The molecule has 1 aromatic carbocycles. The van der Waals surface area contributed by atoms with Gasteiger partial charge in [0.1, 0.15) is 0 Å². The van der Waals surface area contributed by atoms with Crippen LogP contribution in [0.15, 0.2) is 18.2 Å². The van der Waals surface area contributed by atoms with Crippen molar-refractivity contribution in [3.05, 3.63) is 29.3 Å². The molecule has 4 nitrogen and oxygen atoms in total. The zero-order valence-electron chi connectivity index (χ0n) is 10.2. The Bertz CT molecular complexity index is 469. The molecule has 1 rings (SSSR count). The molecule has 0 unspecified atom stereocenters. The lowest BCUT2D eigenvalue weighted by Gasteiger charge is -2.14. The summed E-state index contributed by atoms with van der Waals surface area (Å²) in [6.45, 7) is 4.12. The third-order valence-corrected chi connectivity index (χ3v) is 3.01. The van der Waals surface area contributed by atoms with Gasteiger partial charge in [-0.3, -0.25) is 9.27 Å². The van der Waals surface area contributed by atoms with E-state index in [2.05, 4.69) is 11.6 Å². The normalized spacial score (nSPS) is 11.5. The molecule has 0 fully saturated rings. The Morgan fingerprint density at radius 2 is 1.82 bits per heavy atom. The van der Waals surface area contributed by atoms with Gasteiger partial charge in [-0.25, -0.2) is 0 Å². The zero-order valence-corrected chi connectivity index (χ0v) is 11.0. The molecule has 0 atom stereocenters. The lowest BCUT2D eigenvalue weighted by atomic mass is 9.98. The zero-order chi connectivity index (χ0) is 12.9. The highest BCUT2D eigenvalue weighted by Gasteiger charge is 2.11. The molecule has 0 heterocycles. The first-order valence-corrected chi connectivity index (χ1v) is 7.28. The van der Waals surface area contributed by atoms with Gasteiger partial charge in [-0.15, -0.1) is 0 Å². The van der Waals surface area contributed by atoms with Gasteiger partial charge in [0.2, 0.25) is 0 Å². The van der Waals surface area contributed by atoms with Gasteiger partial charge in [-0.05, 0) is 30.0 Å². The van der Waals surface area contributed by atoms with Crippen LogP contribution < -0.4 is 4.72 Å². The summed E-state index contributed by atoms with van der Waals surface area (Å²) in [6, 6.07) is 5.49. The van der Waals surface area contributed by atoms with Gasteiger partial charge in [0.25, 0.3) is 0 Å². The van der Waals surface area contributed by atoms with Crippen LogP contribution in [-0.4, -0.2) is 13.0 Å². The van der Waals surface area contributed by atoms with E-state index in [-0.39, 0.29) is 0 Å². The molecule has 1 aromatic rings. The molecule has 0 spiro atoms. The lowest BCUT2D eigenvalue weighted by molar-refractivity contribution is 0.489. The topological polar surface area (TPSA) is 66.4 Å². The van der Waals surface area contributed by atoms with Gasteiger partial charge in [0, 0.05) is 0 Å². The van der Waals surface area contributed by atoms with E-state index in [0.717, 1.165) is 36.8 Å². The quantitative estimate of drug-likeness (QED) is 0.770. The molecule has 96 valence electrons. The highest BCUT2D eigenvalue weighted by atomic mass is 32.2. The molecule has 0 aliphatic carbocycles. The molecule has 0 bridgehead atoms. The number of benzene rings is 1. The minimum absolute atomic E-state index is 0.486. The lowest BCUT2D eigenvalue weighted by Crippen LogP contribution is -2.13. The Hall–Kier alpha value is -1.07. The molecular formula is C12H19NO3S. The second-order valence-electron chi connectivity index (χ2n) is 4.02. The van der Waals surface area contributed by atoms with E-state index in [1.165, 1.54) is 0 Å². The second-order valence-corrected chi connectivity index (χ2v) is 5.17. The van der Waals surface area contributed by atoms with Crippen molar-refractivity contribution in [1.82, 2.24) is 0 Å². The van der Waals surface area contributed by atoms with Crippen molar-refractivity contribution < 1.29 is 13.0 Å². The number of hydrogen-bond acceptors (Lipinski definition) is 2. The van der Waals surface area contributed by atoms with Crippen molar-refractivity contribution in [2.75, 3.05) is 4.72 Å². The Morgan fingerprint density at radius 3 is 2.35 bits per heavy atom. The molecule has 0 saturated heterocycles. The Morgan fingerprint density at radius 1 is 1.18 bits per heavy atom. The molecule has 0 amide bonds. The van der Waals surface area contributed by atoms with E-state index in [9.17, 15) is 8.42 Å². The van der Waals surface area contributed by atoms with E-state index in [4.69, 9.17) is 4.55 Å². The standard InChI is InChI=1S/C12H19NO3S/c1-3-6-10-8-5-9-12(11(10)7-4-2)13-17(14,15)16/h5,8-9,13H,3-4,6-7H2,1-2H3,(H,14,15,16). The summed E-state index contributed by atoms with van der Waals surface area (Å²) in [5.41, 5.74) is 2.61. The minimum atomic E-state index is -4.20. The van der Waals surface area contributed by atoms with Crippen molar-refractivity contribution in [2.45, 2.75) is 39.5 Å². The van der Waals surface area contributed by atoms with E-state index in [1.54, 1.807) is 12.1 Å². The largest absolute Gasteiger partial charge is 0.357 e. The molecule has 17 heavy (non-hydrogen) atoms. The predicted octanol–water partition coefficient (Wildman–Crippen LogP) is 2.81. The van der Waals surface area contributed by atoms with Crippen LogP contribution in [0.4, 0.5) is 5.69 Å². The van der Waals surface area contributed by atoms with Crippen molar-refractivity contribution in [3.8, 4) is 0 Å². The molecule has 0 saturated carbocycles. The number of nitrogens with one attached hydrogen (secondary N) is 1. The first kappa shape index (κ1) is 14.0. The minimum Gasteiger partial charge on any atom is -0.269 e. The van der Waals surface area contributed by atoms with Crippen LogP contribution in [0.1, 0.15) is 37.8 Å². The van der Waals surface area contributed by atoms with Crippen LogP contribution in [0.5, 0.6) is 0 Å². The van der Waals surface area contributed by atoms with Crippen LogP contribution >= 0.6 is 0 Å². The van der Waals surface area contributed by atoms with Gasteiger partial charge in [0.05, 0.1) is 5.69 Å². The van der Waals surface area contributed by atoms with Crippen molar-refractivity contribution in [3.63, 3.8) is 0 Å². The fourth-order valence-electron chi connectivity index (χ4n) is 1.92. The fourth-order valence-corrected chi connectivity index (χ4v) is 2.39. The SMILES string of the molecule is CCCc1cccc(NS(=O)(=O)O)c1CCC. The molecule has 5 heteroatoms. The van der Waals surface area contributed by atoms with Crippen molar-refractivity contribution >= 4 is 16.0 Å². The molecular weight excluding hydrogens is 238 g/mol. The van der Waals surface area contributed by atoms with E-state index in [1.807, 2.05) is 13.0 Å². The number of anilines is 1. The van der Waals surface area contributed by atoms with Crippen molar-refractivity contribution in [1.29, 1.82) is 0 Å². The number of hydrogen-bond donors (Lipinski definition) is 2. The first-order chi connectivity index (χ1) is 7.98. The highest BCUT2D eigenvalue weighted by Crippen LogP contribution is 2.23. The summed E-state index contributed by atoms with van der Waals surface area (Å²) in [7, 11) is -4.20. The van der Waals surface area contributed by atoms with Gasteiger partial charge in [0.15, 0.2) is 0 Å². The van der Waals surface area contributed by atoms with Crippen LogP contribution in [0.2, 0.25) is 0 Å². The summed E-state index contributed by atoms with van der Waals surface area (Å²) in [5.74, 6) is 0. The van der Waals surface area contributed by atoms with E-state index in [0.29, 0.717) is 5.69 Å². The summed E-state index contributed by atoms with van der Waals surface area (Å²) < 4.78 is 32.7.